The molecule has 7 heteroatoms. The molecule has 2 rings (SSSR count). The van der Waals surface area contributed by atoms with Gasteiger partial charge in [0.15, 0.2) is 0 Å². The van der Waals surface area contributed by atoms with Crippen LogP contribution in [0.25, 0.3) is 0 Å². The molecule has 0 aromatic heterocycles. The van der Waals surface area contributed by atoms with Crippen LogP contribution >= 0.6 is 0 Å². The number of urea groups is 1. The number of carbonyl (C=O) groups is 3. The van der Waals surface area contributed by atoms with Gasteiger partial charge in [0.05, 0.1) is 6.42 Å². The maximum atomic E-state index is 12.0. The number of nitrogens with one attached hydrogen (secondary N) is 1. The molecule has 2 bridgehead atoms. The van der Waals surface area contributed by atoms with Crippen molar-refractivity contribution in [1.29, 1.82) is 0 Å². The zero-order valence-corrected chi connectivity index (χ0v) is 12.1. The van der Waals surface area contributed by atoms with Gasteiger partial charge in [-0.05, 0) is 37.0 Å². The van der Waals surface area contributed by atoms with E-state index in [-0.39, 0.29) is 0 Å². The summed E-state index contributed by atoms with van der Waals surface area (Å²) in [6.07, 6.45) is 4.28. The summed E-state index contributed by atoms with van der Waals surface area (Å²) in [6, 6.07) is -1.91. The highest BCUT2D eigenvalue weighted by Gasteiger charge is 2.40. The highest BCUT2D eigenvalue weighted by molar-refractivity contribution is 5.86. The molecule has 0 aliphatic heterocycles. The molecule has 4 unspecified atom stereocenters. The van der Waals surface area contributed by atoms with E-state index in [9.17, 15) is 14.4 Å². The molecule has 2 saturated carbocycles. The zero-order valence-electron chi connectivity index (χ0n) is 12.1. The van der Waals surface area contributed by atoms with Gasteiger partial charge in [0.2, 0.25) is 0 Å². The van der Waals surface area contributed by atoms with Crippen LogP contribution in [0, 0.1) is 17.8 Å². The molecule has 2 amide bonds. The fourth-order valence-corrected chi connectivity index (χ4v) is 3.67. The second-order valence-electron chi connectivity index (χ2n) is 6.25. The van der Waals surface area contributed by atoms with Gasteiger partial charge < -0.3 is 20.4 Å². The van der Waals surface area contributed by atoms with Crippen molar-refractivity contribution in [1.82, 2.24) is 10.2 Å². The van der Waals surface area contributed by atoms with Crippen LogP contribution in [-0.2, 0) is 9.59 Å². The molecular formula is C14H22N2O5. The van der Waals surface area contributed by atoms with Gasteiger partial charge in [-0.2, -0.15) is 0 Å². The van der Waals surface area contributed by atoms with Crippen LogP contribution in [0.1, 0.15) is 32.1 Å². The number of carboxylic acids is 2. The molecule has 0 saturated heterocycles. The Morgan fingerprint density at radius 3 is 2.43 bits per heavy atom. The lowest BCUT2D eigenvalue weighted by Gasteiger charge is -2.28. The minimum atomic E-state index is -1.39. The molecule has 21 heavy (non-hydrogen) atoms. The predicted octanol–water partition coefficient (Wildman–Crippen LogP) is 0.992. The monoisotopic (exact) mass is 298 g/mol. The highest BCUT2D eigenvalue weighted by atomic mass is 16.4. The van der Waals surface area contributed by atoms with Crippen molar-refractivity contribution in [3.63, 3.8) is 0 Å². The summed E-state index contributed by atoms with van der Waals surface area (Å²) in [5, 5.41) is 19.9. The van der Waals surface area contributed by atoms with E-state index >= 15 is 0 Å². The minimum absolute atomic E-state index is 0.488. The Morgan fingerprint density at radius 1 is 1.24 bits per heavy atom. The Kier molecular flexibility index (Phi) is 4.69. The van der Waals surface area contributed by atoms with E-state index in [0.717, 1.165) is 12.3 Å². The van der Waals surface area contributed by atoms with Crippen molar-refractivity contribution in [3.05, 3.63) is 0 Å². The van der Waals surface area contributed by atoms with Gasteiger partial charge in [0.25, 0.3) is 0 Å². The van der Waals surface area contributed by atoms with Gasteiger partial charge in [-0.15, -0.1) is 0 Å². The van der Waals surface area contributed by atoms with E-state index < -0.39 is 30.4 Å². The van der Waals surface area contributed by atoms with Crippen LogP contribution in [0.5, 0.6) is 0 Å². The number of nitrogens with zero attached hydrogens (tertiary/aromatic N) is 1. The van der Waals surface area contributed by atoms with Crippen molar-refractivity contribution in [2.45, 2.75) is 38.1 Å². The summed E-state index contributed by atoms with van der Waals surface area (Å²) < 4.78 is 0. The van der Waals surface area contributed by atoms with E-state index in [4.69, 9.17) is 10.2 Å². The lowest BCUT2D eigenvalue weighted by molar-refractivity contribution is -0.145. The average molecular weight is 298 g/mol. The molecule has 2 aliphatic carbocycles. The molecule has 0 heterocycles. The fourth-order valence-electron chi connectivity index (χ4n) is 3.67. The minimum Gasteiger partial charge on any atom is -0.481 e. The number of hydrogen-bond acceptors (Lipinski definition) is 3. The lowest BCUT2D eigenvalue weighted by atomic mass is 9.88. The van der Waals surface area contributed by atoms with Crippen LogP contribution < -0.4 is 5.32 Å². The molecule has 4 atom stereocenters. The third-order valence-corrected chi connectivity index (χ3v) is 4.71. The van der Waals surface area contributed by atoms with E-state index in [2.05, 4.69) is 5.32 Å². The first-order valence-electron chi connectivity index (χ1n) is 7.33. The zero-order chi connectivity index (χ0) is 15.6. The normalized spacial score (nSPS) is 28.1. The number of rotatable bonds is 6. The molecule has 0 aromatic rings. The number of aliphatic carboxylic acids is 2. The predicted molar refractivity (Wildman–Crippen MR) is 73.8 cm³/mol. The van der Waals surface area contributed by atoms with Crippen molar-refractivity contribution in [3.8, 4) is 0 Å². The quantitative estimate of drug-likeness (QED) is 0.678. The van der Waals surface area contributed by atoms with Crippen molar-refractivity contribution < 1.29 is 24.6 Å². The first-order valence-corrected chi connectivity index (χ1v) is 7.33. The molecular weight excluding hydrogens is 276 g/mol. The van der Waals surface area contributed by atoms with Gasteiger partial charge in [0.1, 0.15) is 6.04 Å². The molecule has 2 aliphatic rings. The van der Waals surface area contributed by atoms with Crippen LogP contribution in [0.3, 0.4) is 0 Å². The highest BCUT2D eigenvalue weighted by Crippen LogP contribution is 2.48. The Bertz CT molecular complexity index is 439. The number of hydrogen-bond donors (Lipinski definition) is 3. The first kappa shape index (κ1) is 15.6. The first-order chi connectivity index (χ1) is 9.86. The van der Waals surface area contributed by atoms with Crippen LogP contribution in [-0.4, -0.2) is 52.7 Å². The number of fused-ring (bicyclic) bond motifs is 2. The van der Waals surface area contributed by atoms with Gasteiger partial charge >= 0.3 is 18.0 Å². The lowest BCUT2D eigenvalue weighted by Crippen LogP contribution is -2.48. The van der Waals surface area contributed by atoms with Crippen molar-refractivity contribution in [2.24, 2.45) is 17.8 Å². The van der Waals surface area contributed by atoms with Gasteiger partial charge in [-0.25, -0.2) is 9.59 Å². The second-order valence-corrected chi connectivity index (χ2v) is 6.25. The third-order valence-electron chi connectivity index (χ3n) is 4.71. The molecule has 2 fully saturated rings. The van der Waals surface area contributed by atoms with Gasteiger partial charge in [-0.3, -0.25) is 4.79 Å². The average Bonchev–Trinajstić information content (AvgIpc) is 2.99. The number of carboxylic acid groups (broad SMARTS) is 2. The molecule has 0 aromatic carbocycles. The van der Waals surface area contributed by atoms with Gasteiger partial charge in [-0.1, -0.05) is 6.42 Å². The van der Waals surface area contributed by atoms with Gasteiger partial charge in [0, 0.05) is 13.6 Å². The topological polar surface area (TPSA) is 107 Å². The summed E-state index contributed by atoms with van der Waals surface area (Å²) in [7, 11) is 1.63. The second kappa shape index (κ2) is 6.32. The summed E-state index contributed by atoms with van der Waals surface area (Å²) in [4.78, 5) is 35.0. The van der Waals surface area contributed by atoms with E-state index in [0.29, 0.717) is 18.4 Å². The number of carbonyl (C=O) groups excluding carboxylic acids is 1. The van der Waals surface area contributed by atoms with Crippen LogP contribution in [0.2, 0.25) is 0 Å². The maximum Gasteiger partial charge on any atom is 0.326 e. The smallest absolute Gasteiger partial charge is 0.326 e. The number of amides is 2. The fraction of sp³-hybridized carbons (Fsp3) is 0.786. The third kappa shape index (κ3) is 3.86. The van der Waals surface area contributed by atoms with Crippen molar-refractivity contribution >= 4 is 18.0 Å². The molecule has 0 spiro atoms. The Balaban J connectivity index is 1.83. The van der Waals surface area contributed by atoms with E-state index in [1.165, 1.54) is 24.2 Å². The summed E-state index contributed by atoms with van der Waals surface area (Å²) in [5.41, 5.74) is 0. The molecule has 3 N–H and O–H groups in total. The van der Waals surface area contributed by atoms with E-state index in [1.54, 1.807) is 7.05 Å². The largest absolute Gasteiger partial charge is 0.481 e. The molecule has 118 valence electrons. The standard InChI is InChI=1S/C14H22N2O5/c1-16(7-10-5-8-2-3-9(10)4-8)14(21)15-11(13(19)20)6-12(17)18/h8-11H,2-7H2,1H3,(H,15,21)(H,17,18)(H,19,20). The Labute approximate surface area is 123 Å². The molecule has 0 radical (unpaired) electrons. The Morgan fingerprint density at radius 2 is 1.95 bits per heavy atom. The van der Waals surface area contributed by atoms with E-state index in [1.807, 2.05) is 0 Å². The molecule has 7 nitrogen and oxygen atoms in total. The summed E-state index contributed by atoms with van der Waals surface area (Å²) in [6.45, 7) is 0.604. The maximum absolute atomic E-state index is 12.0. The van der Waals surface area contributed by atoms with Crippen LogP contribution in [0.15, 0.2) is 0 Å². The van der Waals surface area contributed by atoms with Crippen molar-refractivity contribution in [2.75, 3.05) is 13.6 Å². The Hall–Kier alpha value is -1.79. The SMILES string of the molecule is CN(CC1CC2CCC1C2)C(=O)NC(CC(=O)O)C(=O)O. The summed E-state index contributed by atoms with van der Waals surface area (Å²) >= 11 is 0. The summed E-state index contributed by atoms with van der Waals surface area (Å²) in [5.74, 6) is -0.630. The van der Waals surface area contributed by atoms with Crippen LogP contribution in [0.4, 0.5) is 4.79 Å².